The lowest BCUT2D eigenvalue weighted by molar-refractivity contribution is -0.908. The minimum Gasteiger partial charge on any atom is -0.460 e. The first-order valence-electron chi connectivity index (χ1n) is 12.4. The largest absolute Gasteiger partial charge is 0.460 e. The zero-order chi connectivity index (χ0) is 21.7. The predicted molar refractivity (Wildman–Crippen MR) is 119 cm³/mol. The van der Waals surface area contributed by atoms with E-state index < -0.39 is 0 Å². The molecule has 0 aromatic carbocycles. The summed E-state index contributed by atoms with van der Waals surface area (Å²) in [5.74, 6) is -0.272. The summed E-state index contributed by atoms with van der Waals surface area (Å²) in [5, 5.41) is 0. The van der Waals surface area contributed by atoms with Gasteiger partial charge in [-0.2, -0.15) is 0 Å². The van der Waals surface area contributed by atoms with Crippen LogP contribution in [-0.4, -0.2) is 87.5 Å². The van der Waals surface area contributed by atoms with Gasteiger partial charge in [0.05, 0.1) is 40.3 Å². The molecule has 174 valence electrons. The third-order valence-electron chi connectivity index (χ3n) is 7.09. The van der Waals surface area contributed by atoms with Crippen LogP contribution in [0.3, 0.4) is 0 Å². The minimum atomic E-state index is -0.136. The molecule has 0 aliphatic carbocycles. The highest BCUT2D eigenvalue weighted by atomic mass is 16.5. The topological polar surface area (TPSA) is 52.6 Å². The Kier molecular flexibility index (Phi) is 11.1. The number of esters is 2. The van der Waals surface area contributed by atoms with Crippen LogP contribution in [0.4, 0.5) is 0 Å². The number of likely N-dealkylation sites (N-methyl/N-ethyl adjacent to an activating group) is 2. The Labute approximate surface area is 184 Å². The summed E-state index contributed by atoms with van der Waals surface area (Å²) in [6.07, 6.45) is 12.6. The molecule has 0 radical (unpaired) electrons. The molecule has 2 aliphatic rings. The van der Waals surface area contributed by atoms with E-state index in [1.807, 2.05) is 0 Å². The maximum Gasteiger partial charge on any atom is 0.305 e. The van der Waals surface area contributed by atoms with Gasteiger partial charge in [-0.3, -0.25) is 9.59 Å². The first-order valence-corrected chi connectivity index (χ1v) is 12.4. The number of quaternary nitrogens is 2. The van der Waals surface area contributed by atoms with Crippen molar-refractivity contribution in [2.75, 3.05) is 66.6 Å². The number of hydrogen-bond acceptors (Lipinski definition) is 4. The van der Waals surface area contributed by atoms with E-state index >= 15 is 0 Å². The first kappa shape index (κ1) is 25.1. The third-order valence-corrected chi connectivity index (χ3v) is 7.09. The Balaban J connectivity index is 1.47. The molecule has 2 saturated heterocycles. The van der Waals surface area contributed by atoms with Crippen LogP contribution in [0.1, 0.15) is 77.0 Å². The molecule has 2 fully saturated rings. The van der Waals surface area contributed by atoms with Gasteiger partial charge in [0.2, 0.25) is 0 Å². The Morgan fingerprint density at radius 2 is 0.933 bits per heavy atom. The zero-order valence-electron chi connectivity index (χ0n) is 19.7. The van der Waals surface area contributed by atoms with Crippen LogP contribution in [0.25, 0.3) is 0 Å². The average Bonchev–Trinajstić information content (AvgIpc) is 3.05. The van der Waals surface area contributed by atoms with Gasteiger partial charge in [-0.05, 0) is 64.2 Å². The molecule has 0 N–H and O–H groups in total. The lowest BCUT2D eigenvalue weighted by Crippen LogP contribution is -2.47. The summed E-state index contributed by atoms with van der Waals surface area (Å²) in [6.45, 7) is 7.61. The maximum absolute atomic E-state index is 12.0. The number of ether oxygens (including phenoxy) is 2. The summed E-state index contributed by atoms with van der Waals surface area (Å²) in [5.41, 5.74) is 0. The molecule has 6 heteroatoms. The lowest BCUT2D eigenvalue weighted by atomic mass is 10.2. The lowest BCUT2D eigenvalue weighted by Gasteiger charge is -2.33. The summed E-state index contributed by atoms with van der Waals surface area (Å²) in [6, 6.07) is 0. The summed E-state index contributed by atoms with van der Waals surface area (Å²) in [4.78, 5) is 23.9. The van der Waals surface area contributed by atoms with E-state index in [1.165, 1.54) is 77.5 Å². The SMILES string of the molecule is C[N+]1(CCOC(=O)CCCCC(=O)OCC[N+]2(C)CCCCCC2)CCCCCC1. The molecule has 0 atom stereocenters. The van der Waals surface area contributed by atoms with Crippen molar-refractivity contribution < 1.29 is 28.0 Å². The third kappa shape index (κ3) is 10.3. The molecule has 30 heavy (non-hydrogen) atoms. The molecule has 6 nitrogen and oxygen atoms in total. The standard InChI is InChI=1S/C24H46N2O4/c1-25(15-9-3-4-10-16-25)19-21-29-23(27)13-7-8-14-24(28)30-22-20-26(2)17-11-5-6-12-18-26/h3-22H2,1-2H3/q+2. The van der Waals surface area contributed by atoms with Gasteiger partial charge in [0.1, 0.15) is 26.3 Å². The fourth-order valence-electron chi connectivity index (χ4n) is 4.79. The van der Waals surface area contributed by atoms with Crippen LogP contribution in [-0.2, 0) is 19.1 Å². The van der Waals surface area contributed by atoms with Gasteiger partial charge in [-0.15, -0.1) is 0 Å². The summed E-state index contributed by atoms with van der Waals surface area (Å²) in [7, 11) is 4.56. The number of hydrogen-bond donors (Lipinski definition) is 0. The number of carbonyl (C=O) groups is 2. The second-order valence-corrected chi connectivity index (χ2v) is 10.1. The highest BCUT2D eigenvalue weighted by molar-refractivity contribution is 5.70. The molecule has 0 spiro atoms. The van der Waals surface area contributed by atoms with Crippen molar-refractivity contribution in [1.82, 2.24) is 0 Å². The van der Waals surface area contributed by atoms with Crippen molar-refractivity contribution in [1.29, 1.82) is 0 Å². The van der Waals surface area contributed by atoms with Crippen molar-refractivity contribution in [3.05, 3.63) is 0 Å². The fourth-order valence-corrected chi connectivity index (χ4v) is 4.79. The smallest absolute Gasteiger partial charge is 0.305 e. The molecule has 0 amide bonds. The quantitative estimate of drug-likeness (QED) is 0.287. The van der Waals surface area contributed by atoms with E-state index in [9.17, 15) is 9.59 Å². The molecule has 2 aliphatic heterocycles. The molecule has 0 saturated carbocycles. The van der Waals surface area contributed by atoms with Gasteiger partial charge in [0, 0.05) is 12.8 Å². The van der Waals surface area contributed by atoms with Crippen LogP contribution < -0.4 is 0 Å². The van der Waals surface area contributed by atoms with Crippen molar-refractivity contribution >= 4 is 11.9 Å². The Morgan fingerprint density at radius 1 is 0.600 bits per heavy atom. The van der Waals surface area contributed by atoms with Crippen LogP contribution in [0.15, 0.2) is 0 Å². The van der Waals surface area contributed by atoms with Gasteiger partial charge < -0.3 is 18.4 Å². The molecule has 0 aromatic heterocycles. The second kappa shape index (κ2) is 13.3. The summed E-state index contributed by atoms with van der Waals surface area (Å²) < 4.78 is 12.9. The van der Waals surface area contributed by atoms with Crippen LogP contribution >= 0.6 is 0 Å². The number of likely N-dealkylation sites (tertiary alicyclic amines) is 2. The van der Waals surface area contributed by atoms with Crippen molar-refractivity contribution in [2.24, 2.45) is 0 Å². The minimum absolute atomic E-state index is 0.136. The Bertz CT molecular complexity index is 461. The molecule has 2 heterocycles. The van der Waals surface area contributed by atoms with Crippen LogP contribution in [0.2, 0.25) is 0 Å². The van der Waals surface area contributed by atoms with E-state index in [0.29, 0.717) is 38.9 Å². The Hall–Kier alpha value is -1.14. The second-order valence-electron chi connectivity index (χ2n) is 10.1. The van der Waals surface area contributed by atoms with Crippen molar-refractivity contribution in [2.45, 2.75) is 77.0 Å². The fraction of sp³-hybridized carbons (Fsp3) is 0.917. The van der Waals surface area contributed by atoms with E-state index in [2.05, 4.69) is 14.1 Å². The van der Waals surface area contributed by atoms with Crippen molar-refractivity contribution in [3.8, 4) is 0 Å². The van der Waals surface area contributed by atoms with Gasteiger partial charge in [0.25, 0.3) is 0 Å². The average molecular weight is 427 g/mol. The van der Waals surface area contributed by atoms with Gasteiger partial charge in [-0.25, -0.2) is 0 Å². The predicted octanol–water partition coefficient (Wildman–Crippen LogP) is 3.67. The van der Waals surface area contributed by atoms with E-state index in [-0.39, 0.29) is 11.9 Å². The molecule has 0 bridgehead atoms. The molecule has 0 aromatic rings. The highest BCUT2D eigenvalue weighted by Gasteiger charge is 2.24. The molecular formula is C24H46N2O4+2. The zero-order valence-corrected chi connectivity index (χ0v) is 19.7. The number of rotatable bonds is 11. The van der Waals surface area contributed by atoms with Gasteiger partial charge >= 0.3 is 11.9 Å². The maximum atomic E-state index is 12.0. The molecule has 2 rings (SSSR count). The van der Waals surface area contributed by atoms with Gasteiger partial charge in [0.15, 0.2) is 0 Å². The Morgan fingerprint density at radius 3 is 1.27 bits per heavy atom. The number of unbranched alkanes of at least 4 members (excludes halogenated alkanes) is 1. The van der Waals surface area contributed by atoms with E-state index in [4.69, 9.17) is 9.47 Å². The van der Waals surface area contributed by atoms with Gasteiger partial charge in [-0.1, -0.05) is 0 Å². The normalized spacial score (nSPS) is 21.3. The molecular weight excluding hydrogens is 380 g/mol. The summed E-state index contributed by atoms with van der Waals surface area (Å²) >= 11 is 0. The van der Waals surface area contributed by atoms with Crippen LogP contribution in [0, 0.1) is 0 Å². The first-order chi connectivity index (χ1) is 14.4. The van der Waals surface area contributed by atoms with E-state index in [1.54, 1.807) is 0 Å². The number of nitrogens with zero attached hydrogens (tertiary/aromatic N) is 2. The molecule has 0 unspecified atom stereocenters. The van der Waals surface area contributed by atoms with E-state index in [0.717, 1.165) is 22.1 Å². The number of carbonyl (C=O) groups excluding carboxylic acids is 2. The monoisotopic (exact) mass is 426 g/mol. The highest BCUT2D eigenvalue weighted by Crippen LogP contribution is 2.17. The van der Waals surface area contributed by atoms with Crippen molar-refractivity contribution in [3.63, 3.8) is 0 Å². The van der Waals surface area contributed by atoms with Crippen LogP contribution in [0.5, 0.6) is 0 Å².